The quantitative estimate of drug-likeness (QED) is 0.394. The lowest BCUT2D eigenvalue weighted by molar-refractivity contribution is -0.133. The van der Waals surface area contributed by atoms with E-state index in [0.29, 0.717) is 36.5 Å². The number of fused-ring (bicyclic) bond motifs is 1. The smallest absolute Gasteiger partial charge is 0.248 e. The minimum absolute atomic E-state index is 0.226. The van der Waals surface area contributed by atoms with Crippen molar-refractivity contribution in [1.82, 2.24) is 19.9 Å². The number of carbonyl (C=O) groups is 1. The van der Waals surface area contributed by atoms with E-state index in [9.17, 15) is 10.1 Å². The van der Waals surface area contributed by atoms with Crippen molar-refractivity contribution in [1.29, 1.82) is 5.26 Å². The standard InChI is InChI=1S/C29H28N6O4/c30-16-21-15-20(3-6-25(21)39-23-8-10-35(17-23)26(37)18-36)24-7-9-31-29-27(24)32-28(33-29)19-1-4-22(5-2-19)34-11-13-38-14-12-34/h1-7,9,15,23,36H,8,10-14,17-18H2,(H,31,32,33). The maximum atomic E-state index is 11.8. The molecule has 198 valence electrons. The molecule has 4 heterocycles. The average Bonchev–Trinajstić information content (AvgIpc) is 3.65. The van der Waals surface area contributed by atoms with E-state index < -0.39 is 6.61 Å². The van der Waals surface area contributed by atoms with Gasteiger partial charge in [0.1, 0.15) is 30.4 Å². The van der Waals surface area contributed by atoms with E-state index in [1.54, 1.807) is 23.2 Å². The third-order valence-electron chi connectivity index (χ3n) is 7.25. The summed E-state index contributed by atoms with van der Waals surface area (Å²) in [7, 11) is 0. The van der Waals surface area contributed by atoms with Gasteiger partial charge in [-0.2, -0.15) is 5.26 Å². The highest BCUT2D eigenvalue weighted by Crippen LogP contribution is 2.33. The van der Waals surface area contributed by atoms with Gasteiger partial charge < -0.3 is 29.4 Å². The Kier molecular flexibility index (Phi) is 6.84. The number of H-pyrrole nitrogens is 1. The molecule has 2 aliphatic heterocycles. The number of morpholine rings is 1. The fraction of sp³-hybridized carbons (Fsp3) is 0.310. The zero-order chi connectivity index (χ0) is 26.8. The molecule has 4 aromatic rings. The number of amides is 1. The minimum atomic E-state index is -0.514. The van der Waals surface area contributed by atoms with Crippen molar-refractivity contribution in [3.63, 3.8) is 0 Å². The SMILES string of the molecule is N#Cc1cc(-c2ccnc3nc(-c4ccc(N5CCOCC5)cc4)[nH]c23)ccc1OC1CCN(C(=O)CO)C1. The zero-order valence-electron chi connectivity index (χ0n) is 21.3. The van der Waals surface area contributed by atoms with Gasteiger partial charge in [-0.05, 0) is 48.0 Å². The van der Waals surface area contributed by atoms with Crippen LogP contribution in [0.5, 0.6) is 5.75 Å². The summed E-state index contributed by atoms with van der Waals surface area (Å²) in [5.74, 6) is 0.883. The predicted molar refractivity (Wildman–Crippen MR) is 145 cm³/mol. The molecular formula is C29H28N6O4. The van der Waals surface area contributed by atoms with Crippen LogP contribution in [0.1, 0.15) is 12.0 Å². The maximum absolute atomic E-state index is 11.8. The molecule has 2 N–H and O–H groups in total. The largest absolute Gasteiger partial charge is 0.487 e. The van der Waals surface area contributed by atoms with Crippen LogP contribution in [-0.4, -0.2) is 83.0 Å². The van der Waals surface area contributed by atoms with E-state index in [0.717, 1.165) is 60.0 Å². The van der Waals surface area contributed by atoms with Gasteiger partial charge in [-0.3, -0.25) is 4.79 Å². The summed E-state index contributed by atoms with van der Waals surface area (Å²) >= 11 is 0. The van der Waals surface area contributed by atoms with Crippen molar-refractivity contribution < 1.29 is 19.4 Å². The molecule has 39 heavy (non-hydrogen) atoms. The van der Waals surface area contributed by atoms with E-state index in [1.165, 1.54) is 0 Å². The Morgan fingerprint density at radius 1 is 1.13 bits per heavy atom. The molecule has 2 aliphatic rings. The summed E-state index contributed by atoms with van der Waals surface area (Å²) in [5, 5.41) is 19.0. The van der Waals surface area contributed by atoms with Crippen LogP contribution in [0.15, 0.2) is 54.7 Å². The van der Waals surface area contributed by atoms with Crippen LogP contribution in [0.2, 0.25) is 0 Å². The number of ether oxygens (including phenoxy) is 2. The monoisotopic (exact) mass is 524 g/mol. The van der Waals surface area contributed by atoms with Gasteiger partial charge in [0.2, 0.25) is 5.91 Å². The lowest BCUT2D eigenvalue weighted by Gasteiger charge is -2.28. The van der Waals surface area contributed by atoms with Gasteiger partial charge in [0.25, 0.3) is 0 Å². The molecule has 2 aromatic heterocycles. The molecule has 10 nitrogen and oxygen atoms in total. The number of nitrogens with one attached hydrogen (secondary N) is 1. The Morgan fingerprint density at radius 3 is 2.69 bits per heavy atom. The lowest BCUT2D eigenvalue weighted by Crippen LogP contribution is -2.36. The fourth-order valence-electron chi connectivity index (χ4n) is 5.16. The molecule has 0 bridgehead atoms. The van der Waals surface area contributed by atoms with Crippen LogP contribution in [0.4, 0.5) is 5.69 Å². The minimum Gasteiger partial charge on any atom is -0.487 e. The average molecular weight is 525 g/mol. The number of aromatic nitrogens is 3. The summed E-state index contributed by atoms with van der Waals surface area (Å²) in [6.45, 7) is 3.65. The molecule has 1 atom stereocenters. The molecule has 1 amide bonds. The Hall–Kier alpha value is -4.46. The number of aliphatic hydroxyl groups excluding tert-OH is 1. The Balaban J connectivity index is 1.24. The van der Waals surface area contributed by atoms with Crippen LogP contribution in [0.25, 0.3) is 33.7 Å². The Morgan fingerprint density at radius 2 is 1.92 bits per heavy atom. The van der Waals surface area contributed by atoms with Gasteiger partial charge in [-0.15, -0.1) is 0 Å². The third-order valence-corrected chi connectivity index (χ3v) is 7.25. The number of likely N-dealkylation sites (tertiary alicyclic amines) is 1. The van der Waals surface area contributed by atoms with E-state index >= 15 is 0 Å². The van der Waals surface area contributed by atoms with Crippen molar-refractivity contribution in [3.8, 4) is 34.3 Å². The van der Waals surface area contributed by atoms with Gasteiger partial charge in [-0.1, -0.05) is 6.07 Å². The number of hydrogen-bond acceptors (Lipinski definition) is 8. The van der Waals surface area contributed by atoms with E-state index in [1.807, 2.05) is 12.1 Å². The fourth-order valence-corrected chi connectivity index (χ4v) is 5.16. The highest BCUT2D eigenvalue weighted by Gasteiger charge is 2.27. The number of aromatic amines is 1. The summed E-state index contributed by atoms with van der Waals surface area (Å²) in [6, 6.07) is 18.0. The second-order valence-corrected chi connectivity index (χ2v) is 9.64. The van der Waals surface area contributed by atoms with Crippen LogP contribution in [-0.2, 0) is 9.53 Å². The second-order valence-electron chi connectivity index (χ2n) is 9.64. The van der Waals surface area contributed by atoms with E-state index in [-0.39, 0.29) is 12.0 Å². The number of carbonyl (C=O) groups excluding carboxylic acids is 1. The molecule has 1 unspecified atom stereocenters. The number of pyridine rings is 1. The molecule has 0 saturated carbocycles. The molecule has 2 aromatic carbocycles. The number of nitrogens with zero attached hydrogens (tertiary/aromatic N) is 5. The number of aliphatic hydroxyl groups is 1. The third kappa shape index (κ3) is 5.02. The number of anilines is 1. The van der Waals surface area contributed by atoms with Gasteiger partial charge in [0.05, 0.1) is 30.8 Å². The Labute approximate surface area is 225 Å². The van der Waals surface area contributed by atoms with Gasteiger partial charge in [0, 0.05) is 49.1 Å². The number of nitriles is 1. The zero-order valence-corrected chi connectivity index (χ0v) is 21.3. The summed E-state index contributed by atoms with van der Waals surface area (Å²) in [5.41, 5.74) is 5.63. The summed E-state index contributed by atoms with van der Waals surface area (Å²) in [4.78, 5) is 28.3. The second kappa shape index (κ2) is 10.7. The Bertz CT molecular complexity index is 1540. The van der Waals surface area contributed by atoms with E-state index in [2.05, 4.69) is 45.2 Å². The number of imidazole rings is 1. The van der Waals surface area contributed by atoms with Crippen molar-refractivity contribution >= 4 is 22.8 Å². The number of benzene rings is 2. The van der Waals surface area contributed by atoms with E-state index in [4.69, 9.17) is 19.6 Å². The first-order valence-electron chi connectivity index (χ1n) is 13.0. The normalized spacial score (nSPS) is 17.4. The number of rotatable bonds is 6. The molecule has 2 fully saturated rings. The van der Waals surface area contributed by atoms with Crippen molar-refractivity contribution in [3.05, 3.63) is 60.3 Å². The molecule has 10 heteroatoms. The highest BCUT2D eigenvalue weighted by atomic mass is 16.5. The maximum Gasteiger partial charge on any atom is 0.248 e. The van der Waals surface area contributed by atoms with Gasteiger partial charge >= 0.3 is 0 Å². The summed E-state index contributed by atoms with van der Waals surface area (Å²) < 4.78 is 11.5. The van der Waals surface area contributed by atoms with Crippen molar-refractivity contribution in [2.24, 2.45) is 0 Å². The molecule has 6 rings (SSSR count). The van der Waals surface area contributed by atoms with Crippen molar-refractivity contribution in [2.75, 3.05) is 50.9 Å². The van der Waals surface area contributed by atoms with Crippen LogP contribution < -0.4 is 9.64 Å². The molecule has 0 radical (unpaired) electrons. The first-order valence-corrected chi connectivity index (χ1v) is 13.0. The van der Waals surface area contributed by atoms with Crippen LogP contribution in [0.3, 0.4) is 0 Å². The predicted octanol–water partition coefficient (Wildman–Crippen LogP) is 2.97. The summed E-state index contributed by atoms with van der Waals surface area (Å²) in [6.07, 6.45) is 2.13. The van der Waals surface area contributed by atoms with Gasteiger partial charge in [0.15, 0.2) is 5.65 Å². The molecule has 2 saturated heterocycles. The molecule has 0 spiro atoms. The first kappa shape index (κ1) is 24.9. The number of hydrogen-bond donors (Lipinski definition) is 2. The molecular weight excluding hydrogens is 496 g/mol. The van der Waals surface area contributed by atoms with Crippen LogP contribution >= 0.6 is 0 Å². The highest BCUT2D eigenvalue weighted by molar-refractivity contribution is 5.92. The topological polar surface area (TPSA) is 128 Å². The first-order chi connectivity index (χ1) is 19.1. The van der Waals surface area contributed by atoms with Gasteiger partial charge in [-0.25, -0.2) is 9.97 Å². The van der Waals surface area contributed by atoms with Crippen molar-refractivity contribution in [2.45, 2.75) is 12.5 Å². The van der Waals surface area contributed by atoms with Crippen LogP contribution in [0, 0.1) is 11.3 Å². The lowest BCUT2D eigenvalue weighted by atomic mass is 10.0. The molecule has 0 aliphatic carbocycles.